The molecule has 0 saturated carbocycles. The van der Waals surface area contributed by atoms with Crippen LogP contribution in [0.4, 0.5) is 0 Å². The number of ether oxygens (including phenoxy) is 1. The van der Waals surface area contributed by atoms with Crippen molar-refractivity contribution in [1.29, 1.82) is 0 Å². The van der Waals surface area contributed by atoms with Crippen molar-refractivity contribution in [1.82, 2.24) is 9.97 Å². The van der Waals surface area contributed by atoms with Crippen molar-refractivity contribution in [3.8, 4) is 0 Å². The van der Waals surface area contributed by atoms with Crippen LogP contribution in [0.2, 0.25) is 0 Å². The Labute approximate surface area is 137 Å². The van der Waals surface area contributed by atoms with Crippen LogP contribution in [0.1, 0.15) is 30.9 Å². The van der Waals surface area contributed by atoms with Gasteiger partial charge in [0, 0.05) is 38.3 Å². The van der Waals surface area contributed by atoms with Gasteiger partial charge in [-0.2, -0.15) is 0 Å². The van der Waals surface area contributed by atoms with E-state index in [1.807, 2.05) is 36.7 Å². The lowest BCUT2D eigenvalue weighted by molar-refractivity contribution is -0.141. The molecule has 2 heterocycles. The Bertz CT molecular complexity index is 532. The van der Waals surface area contributed by atoms with Gasteiger partial charge in [-0.3, -0.25) is 14.8 Å². The van der Waals surface area contributed by atoms with Gasteiger partial charge in [-0.15, -0.1) is 0 Å². The van der Waals surface area contributed by atoms with E-state index in [4.69, 9.17) is 9.84 Å². The minimum absolute atomic E-state index is 0.216. The summed E-state index contributed by atoms with van der Waals surface area (Å²) in [6, 6.07) is 7.84. The van der Waals surface area contributed by atoms with Crippen molar-refractivity contribution in [2.75, 3.05) is 13.2 Å². The van der Waals surface area contributed by atoms with Crippen LogP contribution in [0.5, 0.6) is 0 Å². The third-order valence-electron chi connectivity index (χ3n) is 2.98. The first-order valence-electron chi connectivity index (χ1n) is 7.74. The third kappa shape index (κ3) is 10.1. The number of aryl methyl sites for hydroxylation is 2. The van der Waals surface area contributed by atoms with E-state index < -0.39 is 0 Å². The summed E-state index contributed by atoms with van der Waals surface area (Å²) >= 11 is 0. The maximum Gasteiger partial charge on any atom is 0.302 e. The molecule has 0 aliphatic heterocycles. The van der Waals surface area contributed by atoms with Crippen molar-refractivity contribution in [3.63, 3.8) is 0 Å². The number of carbonyl (C=O) groups excluding carboxylic acids is 1. The summed E-state index contributed by atoms with van der Waals surface area (Å²) in [5.74, 6) is -0.216. The number of pyridine rings is 2. The van der Waals surface area contributed by atoms with Gasteiger partial charge >= 0.3 is 5.97 Å². The van der Waals surface area contributed by atoms with Crippen molar-refractivity contribution in [2.45, 2.75) is 32.6 Å². The Morgan fingerprint density at radius 3 is 2.04 bits per heavy atom. The zero-order valence-corrected chi connectivity index (χ0v) is 13.5. The number of aliphatic hydroxyl groups excluding tert-OH is 1. The molecule has 0 bridgehead atoms. The van der Waals surface area contributed by atoms with E-state index in [1.165, 1.54) is 18.1 Å². The molecule has 0 unspecified atom stereocenters. The summed E-state index contributed by atoms with van der Waals surface area (Å²) in [4.78, 5) is 18.4. The summed E-state index contributed by atoms with van der Waals surface area (Å²) in [5.41, 5.74) is 2.37. The van der Waals surface area contributed by atoms with Gasteiger partial charge in [0.15, 0.2) is 0 Å². The van der Waals surface area contributed by atoms with Crippen molar-refractivity contribution < 1.29 is 14.6 Å². The molecular weight excluding hydrogens is 292 g/mol. The average Bonchev–Trinajstić information content (AvgIpc) is 2.59. The number of aromatic nitrogens is 2. The van der Waals surface area contributed by atoms with E-state index in [-0.39, 0.29) is 12.6 Å². The SMILES string of the molecule is CC(=O)OCCCc1cccnc1.OCCCc1cccnc1. The molecule has 5 heteroatoms. The lowest BCUT2D eigenvalue weighted by Crippen LogP contribution is -2.01. The monoisotopic (exact) mass is 316 g/mol. The van der Waals surface area contributed by atoms with Crippen LogP contribution < -0.4 is 0 Å². The second-order valence-corrected chi connectivity index (χ2v) is 4.99. The van der Waals surface area contributed by atoms with E-state index in [0.717, 1.165) is 25.7 Å². The molecule has 0 aromatic carbocycles. The molecule has 1 N–H and O–H groups in total. The zero-order valence-electron chi connectivity index (χ0n) is 13.5. The predicted octanol–water partition coefficient (Wildman–Crippen LogP) is 2.58. The van der Waals surface area contributed by atoms with Gasteiger partial charge in [-0.05, 0) is 48.9 Å². The first-order valence-corrected chi connectivity index (χ1v) is 7.74. The first kappa shape index (κ1) is 18.8. The molecule has 0 aliphatic carbocycles. The summed E-state index contributed by atoms with van der Waals surface area (Å²) in [6.45, 7) is 2.17. The van der Waals surface area contributed by atoms with Gasteiger partial charge in [0.25, 0.3) is 0 Å². The van der Waals surface area contributed by atoms with Crippen LogP contribution in [0, 0.1) is 0 Å². The van der Waals surface area contributed by atoms with Crippen LogP contribution in [0.3, 0.4) is 0 Å². The highest BCUT2D eigenvalue weighted by molar-refractivity contribution is 5.65. The lowest BCUT2D eigenvalue weighted by Gasteiger charge is -2.01. The van der Waals surface area contributed by atoms with E-state index in [1.54, 1.807) is 12.4 Å². The van der Waals surface area contributed by atoms with Crippen molar-refractivity contribution in [3.05, 3.63) is 60.2 Å². The average molecular weight is 316 g/mol. The Kier molecular flexibility index (Phi) is 10.0. The molecule has 0 aliphatic rings. The van der Waals surface area contributed by atoms with Crippen LogP contribution >= 0.6 is 0 Å². The fourth-order valence-corrected chi connectivity index (χ4v) is 1.87. The molecule has 23 heavy (non-hydrogen) atoms. The van der Waals surface area contributed by atoms with E-state index in [9.17, 15) is 4.79 Å². The highest BCUT2D eigenvalue weighted by Gasteiger charge is 1.94. The molecule has 2 aromatic heterocycles. The molecule has 0 spiro atoms. The Morgan fingerprint density at radius 1 is 1.04 bits per heavy atom. The van der Waals surface area contributed by atoms with Gasteiger partial charge < -0.3 is 9.84 Å². The second kappa shape index (κ2) is 12.3. The Morgan fingerprint density at radius 2 is 1.61 bits per heavy atom. The molecule has 0 atom stereocenters. The highest BCUT2D eigenvalue weighted by atomic mass is 16.5. The number of hydrogen-bond donors (Lipinski definition) is 1. The van der Waals surface area contributed by atoms with Gasteiger partial charge in [-0.1, -0.05) is 12.1 Å². The second-order valence-electron chi connectivity index (χ2n) is 4.99. The number of aliphatic hydroxyl groups is 1. The smallest absolute Gasteiger partial charge is 0.302 e. The quantitative estimate of drug-likeness (QED) is 0.628. The fourth-order valence-electron chi connectivity index (χ4n) is 1.87. The molecular formula is C18H24N2O3. The number of esters is 1. The molecule has 2 aromatic rings. The summed E-state index contributed by atoms with van der Waals surface area (Å²) in [6.07, 6.45) is 10.7. The maximum atomic E-state index is 10.4. The molecule has 5 nitrogen and oxygen atoms in total. The van der Waals surface area contributed by atoms with E-state index in [0.29, 0.717) is 6.61 Å². The molecule has 0 amide bonds. The number of hydrogen-bond acceptors (Lipinski definition) is 5. The number of rotatable bonds is 7. The summed E-state index contributed by atoms with van der Waals surface area (Å²) < 4.78 is 4.80. The number of carbonyl (C=O) groups is 1. The molecule has 0 radical (unpaired) electrons. The summed E-state index contributed by atoms with van der Waals surface area (Å²) in [7, 11) is 0. The standard InChI is InChI=1S/C10H13NO2.C8H11NO/c1-9(12)13-7-3-5-10-4-2-6-11-8-10;10-6-2-4-8-3-1-5-9-7-8/h2,4,6,8H,3,5,7H2,1H3;1,3,5,7,10H,2,4,6H2. The highest BCUT2D eigenvalue weighted by Crippen LogP contribution is 2.00. The van der Waals surface area contributed by atoms with Crippen LogP contribution in [0.25, 0.3) is 0 Å². The van der Waals surface area contributed by atoms with Crippen LogP contribution in [0.15, 0.2) is 49.1 Å². The zero-order chi connectivity index (χ0) is 16.8. The minimum atomic E-state index is -0.216. The molecule has 0 fully saturated rings. The largest absolute Gasteiger partial charge is 0.466 e. The van der Waals surface area contributed by atoms with Crippen molar-refractivity contribution >= 4 is 5.97 Å². The Balaban J connectivity index is 0.000000238. The van der Waals surface area contributed by atoms with E-state index in [2.05, 4.69) is 9.97 Å². The van der Waals surface area contributed by atoms with E-state index >= 15 is 0 Å². The third-order valence-corrected chi connectivity index (χ3v) is 2.98. The van der Waals surface area contributed by atoms with Crippen molar-refractivity contribution in [2.24, 2.45) is 0 Å². The predicted molar refractivity (Wildman–Crippen MR) is 88.8 cm³/mol. The lowest BCUT2D eigenvalue weighted by atomic mass is 10.2. The Hall–Kier alpha value is -2.27. The fraction of sp³-hybridized carbons (Fsp3) is 0.389. The van der Waals surface area contributed by atoms with Crippen LogP contribution in [-0.4, -0.2) is 34.3 Å². The number of nitrogens with zero attached hydrogens (tertiary/aromatic N) is 2. The van der Waals surface area contributed by atoms with Gasteiger partial charge in [0.1, 0.15) is 0 Å². The molecule has 0 saturated heterocycles. The first-order chi connectivity index (χ1) is 11.2. The van der Waals surface area contributed by atoms with Crippen LogP contribution in [-0.2, 0) is 22.4 Å². The molecule has 2 rings (SSSR count). The normalized spacial score (nSPS) is 9.65. The summed E-state index contributed by atoms with van der Waals surface area (Å²) in [5, 5.41) is 8.51. The van der Waals surface area contributed by atoms with Gasteiger partial charge in [-0.25, -0.2) is 0 Å². The minimum Gasteiger partial charge on any atom is -0.466 e. The van der Waals surface area contributed by atoms with Gasteiger partial charge in [0.2, 0.25) is 0 Å². The molecule has 124 valence electrons. The van der Waals surface area contributed by atoms with Gasteiger partial charge in [0.05, 0.1) is 6.61 Å². The maximum absolute atomic E-state index is 10.4. The topological polar surface area (TPSA) is 72.3 Å².